The molecule has 244 valence electrons. The molecule has 0 aliphatic rings. The lowest BCUT2D eigenvalue weighted by molar-refractivity contribution is 0.953. The van der Waals surface area contributed by atoms with Gasteiger partial charge < -0.3 is 0 Å². The van der Waals surface area contributed by atoms with Crippen molar-refractivity contribution in [2.45, 2.75) is 0 Å². The van der Waals surface area contributed by atoms with Gasteiger partial charge in [-0.2, -0.15) is 15.2 Å². The molecule has 0 atom stereocenters. The molecule has 9 aromatic rings. The number of hydrogen-bond donors (Lipinski definition) is 0. The first-order chi connectivity index (χ1) is 27.4. The van der Waals surface area contributed by atoms with Crippen LogP contribution in [0.3, 0.4) is 0 Å². The average molecular weight is 686 g/mol. The third kappa shape index (κ3) is 5.20. The first-order valence-electron chi connectivity index (χ1n) is 18.9. The summed E-state index contributed by atoms with van der Waals surface area (Å²) in [6, 6.07) is 53.7. The Morgan fingerprint density at radius 1 is 0.519 bits per heavy atom. The van der Waals surface area contributed by atoms with Gasteiger partial charge in [0.15, 0.2) is 19.7 Å². The van der Waals surface area contributed by atoms with E-state index in [1.54, 1.807) is 6.07 Å². The van der Waals surface area contributed by atoms with Gasteiger partial charge in [-0.3, -0.25) is 4.57 Å². The molecule has 2 heterocycles. The van der Waals surface area contributed by atoms with Crippen LogP contribution in [-0.4, -0.2) is 27.6 Å². The Morgan fingerprint density at radius 3 is 1.67 bits per heavy atom. The second-order valence-corrected chi connectivity index (χ2v) is 16.2. The lowest BCUT2D eigenvalue weighted by Gasteiger charge is -2.34. The predicted molar refractivity (Wildman–Crippen MR) is 213 cm³/mol. The van der Waals surface area contributed by atoms with Crippen LogP contribution in [0, 0.1) is 11.3 Å². The lowest BCUT2D eigenvalue weighted by Crippen LogP contribution is -2.74. The van der Waals surface area contributed by atoms with Crippen molar-refractivity contribution >= 4 is 50.6 Å². The number of hydrogen-bond acceptors (Lipinski definition) is 4. The minimum atomic E-state index is -3.68. The fourth-order valence-corrected chi connectivity index (χ4v) is 11.7. The topological polar surface area (TPSA) is 67.4 Å². The molecule has 0 saturated carbocycles. The predicted octanol–water partition coefficient (Wildman–Crippen LogP) is 7.55. The van der Waals surface area contributed by atoms with Gasteiger partial charge in [0, 0.05) is 21.9 Å². The summed E-state index contributed by atoms with van der Waals surface area (Å²) in [4.78, 5) is 15.0. The van der Waals surface area contributed by atoms with Crippen molar-refractivity contribution in [1.82, 2.24) is 19.5 Å². The minimum Gasteiger partial charge on any atom is -0.278 e. The Labute approximate surface area is 308 Å². The molecule has 0 spiro atoms. The third-order valence-electron chi connectivity index (χ3n) is 9.50. The molecule has 0 unspecified atom stereocenters. The first-order valence-corrected chi connectivity index (χ1v) is 18.9. The van der Waals surface area contributed by atoms with E-state index in [2.05, 4.69) is 18.2 Å². The van der Waals surface area contributed by atoms with Gasteiger partial charge in [-0.25, -0.2) is 4.98 Å². The summed E-state index contributed by atoms with van der Waals surface area (Å²) < 4.78 is 40.6. The van der Waals surface area contributed by atoms with Crippen molar-refractivity contribution in [1.29, 1.82) is 5.26 Å². The van der Waals surface area contributed by atoms with Crippen molar-refractivity contribution in [3.05, 3.63) is 194 Å². The number of benzene rings is 7. The van der Waals surface area contributed by atoms with Crippen molar-refractivity contribution in [2.75, 3.05) is 0 Å². The van der Waals surface area contributed by atoms with E-state index >= 15 is 0 Å². The van der Waals surface area contributed by atoms with Gasteiger partial charge in [-0.15, -0.1) is 0 Å². The molecule has 9 rings (SSSR count). The van der Waals surface area contributed by atoms with Crippen LogP contribution >= 0.6 is 0 Å². The zero-order valence-electron chi connectivity index (χ0n) is 31.8. The molecular weight excluding hydrogens is 651 g/mol. The summed E-state index contributed by atoms with van der Waals surface area (Å²) >= 11 is 0. The maximum absolute atomic E-state index is 10.2. The van der Waals surface area contributed by atoms with E-state index in [0.717, 1.165) is 37.4 Å². The molecule has 2 aromatic heterocycles. The number of nitrogens with zero attached hydrogens (tertiary/aromatic N) is 5. The fraction of sp³-hybridized carbons (Fsp3) is 0. The largest absolute Gasteiger partial charge is 0.278 e. The van der Waals surface area contributed by atoms with Crippen molar-refractivity contribution in [3.8, 4) is 34.8 Å². The molecule has 7 aromatic carbocycles. The molecule has 6 heteroatoms. The van der Waals surface area contributed by atoms with Crippen molar-refractivity contribution < 1.29 is 5.48 Å². The second kappa shape index (κ2) is 13.1. The highest BCUT2D eigenvalue weighted by atomic mass is 28.3. The number of para-hydroxylation sites is 2. The van der Waals surface area contributed by atoms with Gasteiger partial charge in [0.05, 0.1) is 28.1 Å². The normalized spacial score (nSPS) is 12.5. The fourth-order valence-electron chi connectivity index (χ4n) is 7.21. The summed E-state index contributed by atoms with van der Waals surface area (Å²) in [5, 5.41) is 14.9. The maximum atomic E-state index is 10.2. The molecule has 0 N–H and O–H groups in total. The molecule has 52 heavy (non-hydrogen) atoms. The Balaban J connectivity index is 1.42. The van der Waals surface area contributed by atoms with E-state index < -0.39 is 8.07 Å². The zero-order valence-corrected chi connectivity index (χ0v) is 28.8. The first kappa shape index (κ1) is 26.9. The summed E-state index contributed by atoms with van der Waals surface area (Å²) in [6.07, 6.45) is 0. The van der Waals surface area contributed by atoms with Gasteiger partial charge in [0.1, 0.15) is 0 Å². The Hall–Kier alpha value is -6.94. The van der Waals surface area contributed by atoms with Gasteiger partial charge in [0.2, 0.25) is 5.95 Å². The molecule has 0 radical (unpaired) electrons. The number of fused-ring (bicyclic) bond motifs is 3. The smallest absolute Gasteiger partial charge is 0.238 e. The molecule has 0 bridgehead atoms. The van der Waals surface area contributed by atoms with Gasteiger partial charge in [-0.05, 0) is 45.0 Å². The maximum Gasteiger partial charge on any atom is 0.238 e. The second-order valence-electron chi connectivity index (χ2n) is 12.4. The Bertz CT molecular complexity index is 2890. The zero-order chi connectivity index (χ0) is 38.4. The molecular formula is C46H31N5Si. The highest BCUT2D eigenvalue weighted by Gasteiger charge is 2.41. The number of rotatable bonds is 7. The summed E-state index contributed by atoms with van der Waals surface area (Å²) in [5.41, 5.74) is 2.94. The van der Waals surface area contributed by atoms with E-state index in [1.807, 2.05) is 150 Å². The van der Waals surface area contributed by atoms with Crippen LogP contribution in [0.25, 0.3) is 50.5 Å². The third-order valence-corrected chi connectivity index (χ3v) is 14.1. The van der Waals surface area contributed by atoms with E-state index in [4.69, 9.17) is 15.0 Å². The van der Waals surface area contributed by atoms with E-state index in [9.17, 15) is 10.7 Å². The summed E-state index contributed by atoms with van der Waals surface area (Å²) in [7, 11) is -3.68. The molecule has 0 fully saturated rings. The monoisotopic (exact) mass is 685 g/mol. The quantitative estimate of drug-likeness (QED) is 0.128. The van der Waals surface area contributed by atoms with Gasteiger partial charge in [0.25, 0.3) is 0 Å². The number of aromatic nitrogens is 4. The minimum absolute atomic E-state index is 0.0303. The van der Waals surface area contributed by atoms with E-state index in [-0.39, 0.29) is 35.6 Å². The van der Waals surface area contributed by atoms with E-state index in [1.165, 1.54) is 0 Å². The molecule has 5 nitrogen and oxygen atoms in total. The summed E-state index contributed by atoms with van der Waals surface area (Å²) in [6.45, 7) is 0. The van der Waals surface area contributed by atoms with Crippen LogP contribution < -0.4 is 20.7 Å². The van der Waals surface area contributed by atoms with Crippen LogP contribution in [0.15, 0.2) is 188 Å². The van der Waals surface area contributed by atoms with Crippen molar-refractivity contribution in [2.24, 2.45) is 0 Å². The highest BCUT2D eigenvalue weighted by Crippen LogP contribution is 2.32. The Kier molecular flexibility index (Phi) is 6.75. The average Bonchev–Trinajstić information content (AvgIpc) is 3.60. The standard InChI is InChI=1S/C46H31N5Si/c47-32-33-16-14-24-38(30-33)52(36-20-6-2-7-21-36,37-22-8-3-9-23-37)39-25-15-19-35(31-39)45-48-44(34-17-4-1-5-18-34)49-46(50-45)51-42-28-12-10-26-40(42)41-27-11-13-29-43(41)51/h1-31H/i15D,19D,25D,31D. The lowest BCUT2D eigenvalue weighted by atomic mass is 10.2. The summed E-state index contributed by atoms with van der Waals surface area (Å²) in [5.74, 6) is 0.685. The van der Waals surface area contributed by atoms with Crippen LogP contribution in [0.5, 0.6) is 0 Å². The number of nitriles is 1. The van der Waals surface area contributed by atoms with Gasteiger partial charge >= 0.3 is 0 Å². The SMILES string of the molecule is [2H]c1c([2H])c(-c2nc(-c3ccccc3)nc(-n3c4ccccc4c4ccccc43)n2)c([2H])c([Si](c2ccccc2)(c2ccccc2)c2cccc(C#N)c2)c1[2H]. The van der Waals surface area contributed by atoms with Gasteiger partial charge in [-0.1, -0.05) is 164 Å². The van der Waals surface area contributed by atoms with Crippen LogP contribution in [0.4, 0.5) is 0 Å². The molecule has 0 aliphatic heterocycles. The molecule has 0 saturated heterocycles. The highest BCUT2D eigenvalue weighted by molar-refractivity contribution is 7.19. The van der Waals surface area contributed by atoms with Crippen LogP contribution in [0.2, 0.25) is 0 Å². The molecule has 0 aliphatic carbocycles. The van der Waals surface area contributed by atoms with Crippen molar-refractivity contribution in [3.63, 3.8) is 0 Å². The molecule has 0 amide bonds. The van der Waals surface area contributed by atoms with Crippen LogP contribution in [-0.2, 0) is 0 Å². The van der Waals surface area contributed by atoms with E-state index in [0.29, 0.717) is 28.1 Å². The van der Waals surface area contributed by atoms with Crippen LogP contribution in [0.1, 0.15) is 11.0 Å². The Morgan fingerprint density at radius 2 is 1.06 bits per heavy atom.